The highest BCUT2D eigenvalue weighted by Gasteiger charge is 2.20. The zero-order valence-corrected chi connectivity index (χ0v) is 15.9. The number of hydrogen-bond donors (Lipinski definition) is 1. The monoisotopic (exact) mass is 324 g/mol. The van der Waals surface area contributed by atoms with Crippen molar-refractivity contribution in [2.45, 2.75) is 66.7 Å². The number of nitrogens with zero attached hydrogens (tertiary/aromatic N) is 3. The third-order valence-electron chi connectivity index (χ3n) is 3.77. The molecule has 0 aliphatic heterocycles. The van der Waals surface area contributed by atoms with Crippen LogP contribution in [0.1, 0.15) is 57.6 Å². The number of rotatable bonds is 6. The first-order valence-corrected chi connectivity index (χ1v) is 8.28. The number of aromatic nitrogens is 2. The molecule has 1 unspecified atom stereocenters. The fourth-order valence-electron chi connectivity index (χ4n) is 2.63. The number of likely N-dealkylation sites (N-methyl/N-ethyl adjacent to an activating group) is 1. The lowest BCUT2D eigenvalue weighted by molar-refractivity contribution is 0.0299. The second-order valence-corrected chi connectivity index (χ2v) is 6.98. The van der Waals surface area contributed by atoms with Crippen LogP contribution in [-0.2, 0) is 11.3 Å². The molecule has 0 aliphatic carbocycles. The van der Waals surface area contributed by atoms with Crippen molar-refractivity contribution in [1.82, 2.24) is 20.0 Å². The third-order valence-corrected chi connectivity index (χ3v) is 3.77. The number of ether oxygens (including phenoxy) is 1. The molecule has 1 aromatic rings. The largest absolute Gasteiger partial charge is 0.444 e. The van der Waals surface area contributed by atoms with Crippen molar-refractivity contribution in [3.05, 3.63) is 17.0 Å². The van der Waals surface area contributed by atoms with Crippen molar-refractivity contribution in [3.63, 3.8) is 0 Å². The van der Waals surface area contributed by atoms with E-state index in [4.69, 9.17) is 4.74 Å². The maximum Gasteiger partial charge on any atom is 0.410 e. The van der Waals surface area contributed by atoms with Gasteiger partial charge in [0.05, 0.1) is 5.69 Å². The van der Waals surface area contributed by atoms with E-state index in [0.717, 1.165) is 12.2 Å². The van der Waals surface area contributed by atoms with Gasteiger partial charge in [-0.15, -0.1) is 0 Å². The quantitative estimate of drug-likeness (QED) is 0.874. The van der Waals surface area contributed by atoms with Gasteiger partial charge in [0.1, 0.15) is 5.60 Å². The Labute approximate surface area is 140 Å². The van der Waals surface area contributed by atoms with Crippen molar-refractivity contribution in [2.75, 3.05) is 20.1 Å². The summed E-state index contributed by atoms with van der Waals surface area (Å²) in [7, 11) is 1.76. The first-order chi connectivity index (χ1) is 10.6. The summed E-state index contributed by atoms with van der Waals surface area (Å²) in [5.74, 6) is 0. The van der Waals surface area contributed by atoms with Gasteiger partial charge in [-0.05, 0) is 48.5 Å². The van der Waals surface area contributed by atoms with Crippen LogP contribution >= 0.6 is 0 Å². The molecule has 132 valence electrons. The Morgan fingerprint density at radius 2 is 2.00 bits per heavy atom. The van der Waals surface area contributed by atoms with Crippen molar-refractivity contribution in [3.8, 4) is 0 Å². The van der Waals surface area contributed by atoms with Crippen molar-refractivity contribution < 1.29 is 9.53 Å². The van der Waals surface area contributed by atoms with Crippen LogP contribution in [-0.4, -0.2) is 46.5 Å². The lowest BCUT2D eigenvalue weighted by atomic mass is 10.1. The van der Waals surface area contributed by atoms with Gasteiger partial charge < -0.3 is 15.0 Å². The second-order valence-electron chi connectivity index (χ2n) is 6.98. The highest BCUT2D eigenvalue weighted by atomic mass is 16.6. The third kappa shape index (κ3) is 5.53. The Kier molecular flexibility index (Phi) is 6.62. The summed E-state index contributed by atoms with van der Waals surface area (Å²) in [5.41, 5.74) is 3.04. The molecule has 6 heteroatoms. The summed E-state index contributed by atoms with van der Waals surface area (Å²) in [4.78, 5) is 13.5. The van der Waals surface area contributed by atoms with Gasteiger partial charge in [0.25, 0.3) is 0 Å². The molecule has 0 spiro atoms. The van der Waals surface area contributed by atoms with Gasteiger partial charge in [-0.3, -0.25) is 4.68 Å². The van der Waals surface area contributed by atoms with E-state index >= 15 is 0 Å². The van der Waals surface area contributed by atoms with E-state index in [1.54, 1.807) is 11.9 Å². The van der Waals surface area contributed by atoms with Crippen molar-refractivity contribution >= 4 is 6.09 Å². The molecule has 0 bridgehead atoms. The number of carbonyl (C=O) groups excluding carboxylic acids is 1. The number of amides is 1. The zero-order valence-electron chi connectivity index (χ0n) is 15.9. The van der Waals surface area contributed by atoms with Crippen LogP contribution < -0.4 is 5.32 Å². The summed E-state index contributed by atoms with van der Waals surface area (Å²) in [6.45, 7) is 16.2. The van der Waals surface area contributed by atoms with E-state index in [1.165, 1.54) is 11.3 Å². The Morgan fingerprint density at radius 1 is 1.39 bits per heavy atom. The SMILES string of the molecule is CCn1nc(C)c(C(C)NCCN(C)C(=O)OC(C)(C)C)c1C. The molecular formula is C17H32N4O2. The number of carbonyl (C=O) groups is 1. The minimum Gasteiger partial charge on any atom is -0.444 e. The number of nitrogens with one attached hydrogen (secondary N) is 1. The zero-order chi connectivity index (χ0) is 17.8. The highest BCUT2D eigenvalue weighted by molar-refractivity contribution is 5.67. The summed E-state index contributed by atoms with van der Waals surface area (Å²) < 4.78 is 7.37. The molecule has 1 aromatic heterocycles. The van der Waals surface area contributed by atoms with E-state index in [0.29, 0.717) is 13.1 Å². The van der Waals surface area contributed by atoms with Crippen molar-refractivity contribution in [1.29, 1.82) is 0 Å². The van der Waals surface area contributed by atoms with Crippen LogP contribution in [0, 0.1) is 13.8 Å². The first-order valence-electron chi connectivity index (χ1n) is 8.28. The van der Waals surface area contributed by atoms with E-state index in [1.807, 2.05) is 32.4 Å². The molecule has 0 radical (unpaired) electrons. The van der Waals surface area contributed by atoms with Gasteiger partial charge in [-0.1, -0.05) is 0 Å². The predicted octanol–water partition coefficient (Wildman–Crippen LogP) is 3.04. The Hall–Kier alpha value is -1.56. The Morgan fingerprint density at radius 3 is 2.48 bits per heavy atom. The van der Waals surface area contributed by atoms with E-state index < -0.39 is 5.60 Å². The topological polar surface area (TPSA) is 59.4 Å². The van der Waals surface area contributed by atoms with Crippen LogP contribution in [0.2, 0.25) is 0 Å². The van der Waals surface area contributed by atoms with E-state index in [-0.39, 0.29) is 12.1 Å². The van der Waals surface area contributed by atoms with E-state index in [9.17, 15) is 4.79 Å². The molecular weight excluding hydrogens is 292 g/mol. The molecule has 1 amide bonds. The summed E-state index contributed by atoms with van der Waals surface area (Å²) >= 11 is 0. The van der Waals surface area contributed by atoms with Crippen LogP contribution in [0.15, 0.2) is 0 Å². The molecule has 6 nitrogen and oxygen atoms in total. The standard InChI is InChI=1S/C17H32N4O2/c1-9-21-14(4)15(13(3)19-21)12(2)18-10-11-20(8)16(22)23-17(5,6)7/h12,18H,9-11H2,1-8H3. The average molecular weight is 324 g/mol. The minimum absolute atomic E-state index is 0.197. The van der Waals surface area contributed by atoms with Gasteiger partial charge in [0.2, 0.25) is 0 Å². The second kappa shape index (κ2) is 7.81. The van der Waals surface area contributed by atoms with Gasteiger partial charge in [-0.2, -0.15) is 5.10 Å². The lowest BCUT2D eigenvalue weighted by Gasteiger charge is -2.25. The van der Waals surface area contributed by atoms with Crippen LogP contribution in [0.25, 0.3) is 0 Å². The first kappa shape index (κ1) is 19.5. The molecule has 0 saturated heterocycles. The van der Waals surface area contributed by atoms with Gasteiger partial charge in [-0.25, -0.2) is 4.79 Å². The molecule has 1 atom stereocenters. The predicted molar refractivity (Wildman–Crippen MR) is 92.7 cm³/mol. The molecule has 1 N–H and O–H groups in total. The minimum atomic E-state index is -0.463. The fourth-order valence-corrected chi connectivity index (χ4v) is 2.63. The normalized spacial score (nSPS) is 13.0. The average Bonchev–Trinajstić information content (AvgIpc) is 2.71. The van der Waals surface area contributed by atoms with Gasteiger partial charge in [0, 0.05) is 44.0 Å². The maximum absolute atomic E-state index is 11.9. The van der Waals surface area contributed by atoms with Crippen LogP contribution in [0.3, 0.4) is 0 Å². The van der Waals surface area contributed by atoms with Crippen LogP contribution in [0.4, 0.5) is 4.79 Å². The molecule has 0 fully saturated rings. The molecule has 1 heterocycles. The van der Waals surface area contributed by atoms with Crippen molar-refractivity contribution in [2.24, 2.45) is 0 Å². The summed E-state index contributed by atoms with van der Waals surface area (Å²) in [6, 6.07) is 0.197. The lowest BCUT2D eigenvalue weighted by Crippen LogP contribution is -2.38. The molecule has 23 heavy (non-hydrogen) atoms. The van der Waals surface area contributed by atoms with Gasteiger partial charge >= 0.3 is 6.09 Å². The maximum atomic E-state index is 11.9. The summed E-state index contributed by atoms with van der Waals surface area (Å²) in [6.07, 6.45) is -0.293. The smallest absolute Gasteiger partial charge is 0.410 e. The Bertz CT molecular complexity index is 531. The molecule has 0 aliphatic rings. The fraction of sp³-hybridized carbons (Fsp3) is 0.765. The molecule has 0 aromatic carbocycles. The highest BCUT2D eigenvalue weighted by Crippen LogP contribution is 2.21. The molecule has 1 rings (SSSR count). The number of hydrogen-bond acceptors (Lipinski definition) is 4. The van der Waals surface area contributed by atoms with Gasteiger partial charge in [0.15, 0.2) is 0 Å². The number of aryl methyl sites for hydroxylation is 2. The summed E-state index contributed by atoms with van der Waals surface area (Å²) in [5, 5.41) is 8.02. The van der Waals surface area contributed by atoms with E-state index in [2.05, 4.69) is 31.2 Å². The Balaban J connectivity index is 2.53. The van der Waals surface area contributed by atoms with Crippen LogP contribution in [0.5, 0.6) is 0 Å². The molecule has 0 saturated carbocycles.